The summed E-state index contributed by atoms with van der Waals surface area (Å²) in [5, 5.41) is 2.60. The van der Waals surface area contributed by atoms with Crippen LogP contribution in [0.1, 0.15) is 23.2 Å². The Morgan fingerprint density at radius 3 is 2.80 bits per heavy atom. The van der Waals surface area contributed by atoms with Crippen molar-refractivity contribution in [2.75, 3.05) is 25.4 Å². The van der Waals surface area contributed by atoms with Crippen LogP contribution in [0.25, 0.3) is 0 Å². The van der Waals surface area contributed by atoms with Gasteiger partial charge in [0.25, 0.3) is 5.91 Å². The van der Waals surface area contributed by atoms with E-state index < -0.39 is 6.03 Å². The molecule has 1 aromatic rings. The van der Waals surface area contributed by atoms with Crippen molar-refractivity contribution in [3.8, 4) is 0 Å². The second kappa shape index (κ2) is 6.27. The number of benzene rings is 1. The molecule has 1 aromatic carbocycles. The molecule has 5 N–H and O–H groups in total. The van der Waals surface area contributed by atoms with Crippen LogP contribution in [0.15, 0.2) is 24.3 Å². The Morgan fingerprint density at radius 2 is 2.10 bits per heavy atom. The zero-order valence-electron chi connectivity index (χ0n) is 11.3. The number of hydrogen-bond donors (Lipinski definition) is 3. The van der Waals surface area contributed by atoms with Crippen molar-refractivity contribution in [3.05, 3.63) is 29.8 Å². The van der Waals surface area contributed by atoms with E-state index in [1.807, 2.05) is 6.07 Å². The predicted molar refractivity (Wildman–Crippen MR) is 77.1 cm³/mol. The number of rotatable bonds is 3. The van der Waals surface area contributed by atoms with Crippen molar-refractivity contribution in [2.45, 2.75) is 12.8 Å². The molecular formula is C14H20N4O2. The molecule has 0 aromatic heterocycles. The summed E-state index contributed by atoms with van der Waals surface area (Å²) in [7, 11) is 0. The van der Waals surface area contributed by atoms with Gasteiger partial charge in [0, 0.05) is 25.3 Å². The molecule has 1 aliphatic rings. The van der Waals surface area contributed by atoms with Crippen LogP contribution < -0.4 is 16.8 Å². The van der Waals surface area contributed by atoms with Crippen molar-refractivity contribution in [1.82, 2.24) is 10.2 Å². The van der Waals surface area contributed by atoms with Crippen LogP contribution in [-0.2, 0) is 0 Å². The largest absolute Gasteiger partial charge is 0.398 e. The van der Waals surface area contributed by atoms with Crippen LogP contribution in [0.5, 0.6) is 0 Å². The molecule has 0 aliphatic carbocycles. The lowest BCUT2D eigenvalue weighted by atomic mass is 9.97. The van der Waals surface area contributed by atoms with Crippen LogP contribution >= 0.6 is 0 Å². The Hall–Kier alpha value is -2.24. The number of nitrogens with one attached hydrogen (secondary N) is 1. The normalized spacial score (nSPS) is 18.6. The Bertz CT molecular complexity index is 504. The monoisotopic (exact) mass is 276 g/mol. The molecule has 0 radical (unpaired) electrons. The van der Waals surface area contributed by atoms with Gasteiger partial charge < -0.3 is 21.7 Å². The molecule has 20 heavy (non-hydrogen) atoms. The van der Waals surface area contributed by atoms with Crippen LogP contribution in [-0.4, -0.2) is 36.5 Å². The Morgan fingerprint density at radius 1 is 1.35 bits per heavy atom. The van der Waals surface area contributed by atoms with Crippen LogP contribution in [0, 0.1) is 5.92 Å². The molecule has 3 amide bonds. The average molecular weight is 276 g/mol. The summed E-state index contributed by atoms with van der Waals surface area (Å²) in [4.78, 5) is 25.0. The van der Waals surface area contributed by atoms with E-state index in [2.05, 4.69) is 5.32 Å². The van der Waals surface area contributed by atoms with Gasteiger partial charge in [-0.05, 0) is 30.9 Å². The maximum atomic E-state index is 12.4. The van der Waals surface area contributed by atoms with Gasteiger partial charge in [-0.15, -0.1) is 0 Å². The second-order valence-corrected chi connectivity index (χ2v) is 5.09. The summed E-state index contributed by atoms with van der Waals surface area (Å²) in [6, 6.07) is 6.55. The highest BCUT2D eigenvalue weighted by Crippen LogP contribution is 2.20. The third-order valence-corrected chi connectivity index (χ3v) is 3.56. The number of amides is 3. The summed E-state index contributed by atoms with van der Waals surface area (Å²) >= 11 is 0. The Kier molecular flexibility index (Phi) is 4.45. The zero-order valence-corrected chi connectivity index (χ0v) is 11.3. The van der Waals surface area contributed by atoms with E-state index in [4.69, 9.17) is 11.5 Å². The van der Waals surface area contributed by atoms with E-state index in [1.54, 1.807) is 23.1 Å². The molecule has 1 saturated heterocycles. The fraction of sp³-hybridized carbons (Fsp3) is 0.429. The van der Waals surface area contributed by atoms with Gasteiger partial charge in [-0.2, -0.15) is 0 Å². The van der Waals surface area contributed by atoms with Crippen LogP contribution in [0.4, 0.5) is 10.5 Å². The number of urea groups is 1. The van der Waals surface area contributed by atoms with Gasteiger partial charge in [-0.3, -0.25) is 4.79 Å². The number of nitrogen functional groups attached to an aromatic ring is 1. The fourth-order valence-electron chi connectivity index (χ4n) is 2.52. The summed E-state index contributed by atoms with van der Waals surface area (Å²) in [6.07, 6.45) is 1.90. The molecule has 1 unspecified atom stereocenters. The average Bonchev–Trinajstić information content (AvgIpc) is 2.45. The first-order chi connectivity index (χ1) is 9.58. The number of anilines is 1. The second-order valence-electron chi connectivity index (χ2n) is 5.09. The van der Waals surface area contributed by atoms with Gasteiger partial charge in [0.2, 0.25) is 0 Å². The number of nitrogens with zero attached hydrogens (tertiary/aromatic N) is 1. The molecule has 0 saturated carbocycles. The third-order valence-electron chi connectivity index (χ3n) is 3.56. The number of para-hydroxylation sites is 1. The lowest BCUT2D eigenvalue weighted by Crippen LogP contribution is -2.44. The summed E-state index contributed by atoms with van der Waals surface area (Å²) in [6.45, 7) is 1.84. The molecule has 1 fully saturated rings. The molecule has 6 heteroatoms. The lowest BCUT2D eigenvalue weighted by molar-refractivity contribution is 0.0676. The van der Waals surface area contributed by atoms with E-state index in [1.165, 1.54) is 0 Å². The number of nitrogens with two attached hydrogens (primary N) is 2. The number of hydrogen-bond acceptors (Lipinski definition) is 3. The summed E-state index contributed by atoms with van der Waals surface area (Å²) in [5.41, 5.74) is 11.9. The summed E-state index contributed by atoms with van der Waals surface area (Å²) in [5.74, 6) is 0.192. The highest BCUT2D eigenvalue weighted by molar-refractivity contribution is 5.99. The fourth-order valence-corrected chi connectivity index (χ4v) is 2.52. The first-order valence-corrected chi connectivity index (χ1v) is 6.75. The smallest absolute Gasteiger partial charge is 0.312 e. The number of primary amides is 1. The zero-order chi connectivity index (χ0) is 14.5. The van der Waals surface area contributed by atoms with Crippen LogP contribution in [0.3, 0.4) is 0 Å². The van der Waals surface area contributed by atoms with Crippen molar-refractivity contribution in [1.29, 1.82) is 0 Å². The van der Waals surface area contributed by atoms with Crippen molar-refractivity contribution >= 4 is 17.6 Å². The minimum atomic E-state index is -0.527. The van der Waals surface area contributed by atoms with Gasteiger partial charge >= 0.3 is 6.03 Å². The number of likely N-dealkylation sites (tertiary alicyclic amines) is 1. The van der Waals surface area contributed by atoms with Crippen molar-refractivity contribution in [3.63, 3.8) is 0 Å². The highest BCUT2D eigenvalue weighted by Gasteiger charge is 2.25. The predicted octanol–water partition coefficient (Wildman–Crippen LogP) is 0.789. The topological polar surface area (TPSA) is 101 Å². The molecule has 1 atom stereocenters. The maximum absolute atomic E-state index is 12.4. The van der Waals surface area contributed by atoms with E-state index in [-0.39, 0.29) is 11.8 Å². The maximum Gasteiger partial charge on any atom is 0.312 e. The minimum Gasteiger partial charge on any atom is -0.398 e. The molecular weight excluding hydrogens is 256 g/mol. The molecule has 1 aliphatic heterocycles. The standard InChI is InChI=1S/C14H20N4O2/c15-12-6-2-1-5-11(12)13(19)18-7-3-4-10(9-18)8-17-14(16)20/h1-2,5-6,10H,3-4,7-9,15H2,(H3,16,17,20). The number of piperidine rings is 1. The lowest BCUT2D eigenvalue weighted by Gasteiger charge is -2.33. The molecule has 6 nitrogen and oxygen atoms in total. The number of carbonyl (C=O) groups excluding carboxylic acids is 2. The van der Waals surface area contributed by atoms with Gasteiger partial charge in [0.05, 0.1) is 5.56 Å². The van der Waals surface area contributed by atoms with Crippen LogP contribution in [0.2, 0.25) is 0 Å². The van der Waals surface area contributed by atoms with Gasteiger partial charge in [0.1, 0.15) is 0 Å². The van der Waals surface area contributed by atoms with E-state index in [0.29, 0.717) is 24.3 Å². The third kappa shape index (κ3) is 3.40. The summed E-state index contributed by atoms with van der Waals surface area (Å²) < 4.78 is 0. The molecule has 2 rings (SSSR count). The van der Waals surface area contributed by atoms with Crippen molar-refractivity contribution in [2.24, 2.45) is 11.7 Å². The van der Waals surface area contributed by atoms with Gasteiger partial charge in [-0.25, -0.2) is 4.79 Å². The molecule has 0 bridgehead atoms. The van der Waals surface area contributed by atoms with Crippen molar-refractivity contribution < 1.29 is 9.59 Å². The first-order valence-electron chi connectivity index (χ1n) is 6.75. The SMILES string of the molecule is NC(=O)NCC1CCCN(C(=O)c2ccccc2N)C1. The molecule has 1 heterocycles. The Labute approximate surface area is 118 Å². The highest BCUT2D eigenvalue weighted by atomic mass is 16.2. The first kappa shape index (κ1) is 14.2. The molecule has 0 spiro atoms. The van der Waals surface area contributed by atoms with E-state index in [9.17, 15) is 9.59 Å². The Balaban J connectivity index is 2.00. The van der Waals surface area contributed by atoms with E-state index >= 15 is 0 Å². The minimum absolute atomic E-state index is 0.0492. The molecule has 108 valence electrons. The number of carbonyl (C=O) groups is 2. The van der Waals surface area contributed by atoms with Gasteiger partial charge in [-0.1, -0.05) is 12.1 Å². The van der Waals surface area contributed by atoms with E-state index in [0.717, 1.165) is 19.4 Å². The van der Waals surface area contributed by atoms with Gasteiger partial charge in [0.15, 0.2) is 0 Å². The quantitative estimate of drug-likeness (QED) is 0.711.